The van der Waals surface area contributed by atoms with Crippen molar-refractivity contribution in [1.29, 1.82) is 0 Å². The maximum absolute atomic E-state index is 11.7. The largest absolute Gasteiger partial charge is 0.494 e. The zero-order valence-electron chi connectivity index (χ0n) is 11.3. The molecule has 3 aromatic rings. The number of aromatic nitrogens is 2. The van der Waals surface area contributed by atoms with Crippen LogP contribution >= 0.6 is 0 Å². The number of rotatable bonds is 6. The van der Waals surface area contributed by atoms with Gasteiger partial charge in [0.05, 0.1) is 19.4 Å². The van der Waals surface area contributed by atoms with Gasteiger partial charge >= 0.3 is 5.76 Å². The smallest absolute Gasteiger partial charge is 0.437 e. The first kappa shape index (κ1) is 13.2. The van der Waals surface area contributed by atoms with Gasteiger partial charge in [0.1, 0.15) is 5.75 Å². The van der Waals surface area contributed by atoms with E-state index in [1.807, 2.05) is 30.3 Å². The van der Waals surface area contributed by atoms with Crippen LogP contribution in [-0.4, -0.2) is 16.4 Å². The second kappa shape index (κ2) is 6.13. The Hall–Kier alpha value is -2.76. The van der Waals surface area contributed by atoms with Crippen LogP contribution in [0.15, 0.2) is 62.4 Å². The van der Waals surface area contributed by atoms with Crippen LogP contribution in [0.1, 0.15) is 6.42 Å². The average Bonchev–Trinajstić information content (AvgIpc) is 3.15. The first-order chi connectivity index (χ1) is 10.3. The van der Waals surface area contributed by atoms with E-state index in [1.165, 1.54) is 10.9 Å². The van der Waals surface area contributed by atoms with Gasteiger partial charge in [-0.1, -0.05) is 18.2 Å². The third kappa shape index (κ3) is 3.22. The Balaban J connectivity index is 1.55. The molecule has 6 heteroatoms. The van der Waals surface area contributed by atoms with E-state index in [1.54, 1.807) is 12.1 Å². The molecule has 0 aliphatic carbocycles. The molecule has 0 unspecified atom stereocenters. The van der Waals surface area contributed by atoms with Crippen LogP contribution in [0.3, 0.4) is 0 Å². The van der Waals surface area contributed by atoms with E-state index in [0.717, 1.165) is 5.75 Å². The highest BCUT2D eigenvalue weighted by Crippen LogP contribution is 2.15. The molecule has 2 heterocycles. The van der Waals surface area contributed by atoms with Crippen molar-refractivity contribution >= 4 is 0 Å². The van der Waals surface area contributed by atoms with E-state index >= 15 is 0 Å². The van der Waals surface area contributed by atoms with E-state index < -0.39 is 5.76 Å². The van der Waals surface area contributed by atoms with Crippen molar-refractivity contribution < 1.29 is 13.6 Å². The first-order valence-corrected chi connectivity index (χ1v) is 6.62. The van der Waals surface area contributed by atoms with Gasteiger partial charge in [-0.2, -0.15) is 4.68 Å². The summed E-state index contributed by atoms with van der Waals surface area (Å²) in [4.78, 5) is 11.7. The Morgan fingerprint density at radius 3 is 2.76 bits per heavy atom. The molecule has 6 nitrogen and oxygen atoms in total. The Morgan fingerprint density at radius 2 is 2.00 bits per heavy atom. The third-order valence-corrected chi connectivity index (χ3v) is 2.86. The number of para-hydroxylation sites is 1. The molecule has 21 heavy (non-hydrogen) atoms. The van der Waals surface area contributed by atoms with Gasteiger partial charge in [-0.05, 0) is 24.3 Å². The lowest BCUT2D eigenvalue weighted by Crippen LogP contribution is -2.17. The van der Waals surface area contributed by atoms with Gasteiger partial charge in [0.25, 0.3) is 5.89 Å². The van der Waals surface area contributed by atoms with Crippen molar-refractivity contribution in [3.8, 4) is 17.4 Å². The molecule has 2 aromatic heterocycles. The SMILES string of the molecule is O=c1oc(-c2ccco2)nn1CCCOc1ccccc1. The first-order valence-electron chi connectivity index (χ1n) is 6.62. The van der Waals surface area contributed by atoms with Crippen LogP contribution in [0.25, 0.3) is 11.7 Å². The summed E-state index contributed by atoms with van der Waals surface area (Å²) in [5.41, 5.74) is 0. The fourth-order valence-corrected chi connectivity index (χ4v) is 1.87. The molecule has 108 valence electrons. The molecule has 0 fully saturated rings. The second-order valence-corrected chi connectivity index (χ2v) is 4.39. The molecule has 1 aromatic carbocycles. The highest BCUT2D eigenvalue weighted by Gasteiger charge is 2.11. The van der Waals surface area contributed by atoms with Crippen molar-refractivity contribution in [2.45, 2.75) is 13.0 Å². The number of aryl methyl sites for hydroxylation is 1. The number of nitrogens with zero attached hydrogens (tertiary/aromatic N) is 2. The minimum Gasteiger partial charge on any atom is -0.494 e. The van der Waals surface area contributed by atoms with Crippen molar-refractivity contribution in [2.75, 3.05) is 6.61 Å². The van der Waals surface area contributed by atoms with Gasteiger partial charge in [-0.15, -0.1) is 5.10 Å². The summed E-state index contributed by atoms with van der Waals surface area (Å²) in [6.45, 7) is 0.926. The Kier molecular flexibility index (Phi) is 3.86. The lowest BCUT2D eigenvalue weighted by molar-refractivity contribution is 0.296. The summed E-state index contributed by atoms with van der Waals surface area (Å²) in [5.74, 6) is 0.933. The number of benzene rings is 1. The van der Waals surface area contributed by atoms with Gasteiger partial charge < -0.3 is 13.6 Å². The van der Waals surface area contributed by atoms with E-state index in [2.05, 4.69) is 5.10 Å². The number of hydrogen-bond donors (Lipinski definition) is 0. The maximum atomic E-state index is 11.7. The topological polar surface area (TPSA) is 70.4 Å². The molecular formula is C15H14N2O4. The molecule has 0 saturated heterocycles. The van der Waals surface area contributed by atoms with E-state index in [4.69, 9.17) is 13.6 Å². The molecule has 0 N–H and O–H groups in total. The van der Waals surface area contributed by atoms with E-state index in [9.17, 15) is 4.79 Å². The van der Waals surface area contributed by atoms with Crippen molar-refractivity contribution in [3.63, 3.8) is 0 Å². The van der Waals surface area contributed by atoms with Gasteiger partial charge in [0, 0.05) is 6.42 Å². The standard InChI is InChI=1S/C15H14N2O4/c18-15-17(16-14(21-15)13-8-4-10-20-13)9-5-11-19-12-6-2-1-3-7-12/h1-4,6-8,10H,5,9,11H2. The Morgan fingerprint density at radius 1 is 1.14 bits per heavy atom. The molecule has 0 amide bonds. The number of furan rings is 1. The lowest BCUT2D eigenvalue weighted by atomic mass is 10.3. The summed E-state index contributed by atoms with van der Waals surface area (Å²) in [7, 11) is 0. The van der Waals surface area contributed by atoms with Crippen LogP contribution in [0, 0.1) is 0 Å². The number of hydrogen-bond acceptors (Lipinski definition) is 5. The Labute approximate surface area is 120 Å². The molecule has 0 atom stereocenters. The van der Waals surface area contributed by atoms with E-state index in [-0.39, 0.29) is 5.89 Å². The average molecular weight is 286 g/mol. The highest BCUT2D eigenvalue weighted by atomic mass is 16.5. The van der Waals surface area contributed by atoms with Crippen LogP contribution in [-0.2, 0) is 6.54 Å². The summed E-state index contributed by atoms with van der Waals surface area (Å²) in [6, 6.07) is 12.9. The van der Waals surface area contributed by atoms with Gasteiger partial charge in [0.15, 0.2) is 5.76 Å². The van der Waals surface area contributed by atoms with Crippen LogP contribution < -0.4 is 10.5 Å². The van der Waals surface area contributed by atoms with E-state index in [0.29, 0.717) is 25.3 Å². The van der Waals surface area contributed by atoms with Gasteiger partial charge in [-0.3, -0.25) is 0 Å². The van der Waals surface area contributed by atoms with Crippen molar-refractivity contribution in [3.05, 3.63) is 59.3 Å². The molecule has 0 radical (unpaired) electrons. The van der Waals surface area contributed by atoms with Crippen LogP contribution in [0.5, 0.6) is 5.75 Å². The third-order valence-electron chi connectivity index (χ3n) is 2.86. The zero-order chi connectivity index (χ0) is 14.5. The minimum atomic E-state index is -0.499. The fraction of sp³-hybridized carbons (Fsp3) is 0.200. The van der Waals surface area contributed by atoms with Gasteiger partial charge in [-0.25, -0.2) is 4.79 Å². The van der Waals surface area contributed by atoms with Crippen LogP contribution in [0.2, 0.25) is 0 Å². The zero-order valence-corrected chi connectivity index (χ0v) is 11.3. The molecule has 0 aliphatic rings. The van der Waals surface area contributed by atoms with Gasteiger partial charge in [0.2, 0.25) is 0 Å². The van der Waals surface area contributed by atoms with Crippen molar-refractivity contribution in [2.24, 2.45) is 0 Å². The molecule has 0 spiro atoms. The van der Waals surface area contributed by atoms with Crippen molar-refractivity contribution in [1.82, 2.24) is 9.78 Å². The minimum absolute atomic E-state index is 0.189. The molecule has 0 aliphatic heterocycles. The fourth-order valence-electron chi connectivity index (χ4n) is 1.87. The quantitative estimate of drug-likeness (QED) is 0.651. The lowest BCUT2D eigenvalue weighted by Gasteiger charge is -2.04. The predicted molar refractivity (Wildman–Crippen MR) is 75.0 cm³/mol. The van der Waals surface area contributed by atoms with Crippen LogP contribution in [0.4, 0.5) is 0 Å². The Bertz CT molecular complexity index is 729. The predicted octanol–water partition coefficient (Wildman–Crippen LogP) is 2.57. The summed E-state index contributed by atoms with van der Waals surface area (Å²) in [5, 5.41) is 4.09. The monoisotopic (exact) mass is 286 g/mol. The summed E-state index contributed by atoms with van der Waals surface area (Å²) < 4.78 is 17.0. The highest BCUT2D eigenvalue weighted by molar-refractivity contribution is 5.42. The second-order valence-electron chi connectivity index (χ2n) is 4.39. The molecular weight excluding hydrogens is 272 g/mol. The molecule has 3 rings (SSSR count). The maximum Gasteiger partial charge on any atom is 0.437 e. The normalized spacial score (nSPS) is 10.7. The summed E-state index contributed by atoms with van der Waals surface area (Å²) >= 11 is 0. The molecule has 0 bridgehead atoms. The molecule has 0 saturated carbocycles. The number of ether oxygens (including phenoxy) is 1. The summed E-state index contributed by atoms with van der Waals surface area (Å²) in [6.07, 6.45) is 2.15.